The molecule has 1 aromatic heterocycles. The van der Waals surface area contributed by atoms with E-state index in [1.165, 1.54) is 141 Å². The summed E-state index contributed by atoms with van der Waals surface area (Å²) in [7, 11) is 0. The van der Waals surface area contributed by atoms with Crippen LogP contribution in [0.1, 0.15) is 149 Å². The summed E-state index contributed by atoms with van der Waals surface area (Å²) in [5, 5.41) is 0. The Morgan fingerprint density at radius 3 is 1.73 bits per heavy atom. The monoisotopic (exact) mass is 419 g/mol. The largest absolute Gasteiger partial charge is 0.254 e. The number of imidazole rings is 1. The molecule has 0 spiro atoms. The molecule has 0 aromatic carbocycles. The Labute approximate surface area is 189 Å². The molecule has 0 atom stereocenters. The van der Waals surface area contributed by atoms with Crippen molar-refractivity contribution in [3.05, 3.63) is 18.2 Å². The Balaban J connectivity index is 1.93. The van der Waals surface area contributed by atoms with Crippen molar-refractivity contribution in [1.29, 1.82) is 0 Å². The second kappa shape index (κ2) is 20.1. The van der Waals surface area contributed by atoms with Crippen LogP contribution in [0.15, 0.2) is 12.4 Å². The van der Waals surface area contributed by atoms with Crippen LogP contribution in [0.3, 0.4) is 0 Å². The summed E-state index contributed by atoms with van der Waals surface area (Å²) in [5.41, 5.74) is 0. The molecule has 0 saturated heterocycles. The number of nitrogens with zero attached hydrogens (tertiary/aromatic N) is 1. The average molecular weight is 420 g/mol. The highest BCUT2D eigenvalue weighted by atomic mass is 15.1. The molecule has 2 nitrogen and oxygen atoms in total. The van der Waals surface area contributed by atoms with E-state index in [2.05, 4.69) is 42.7 Å². The minimum absolute atomic E-state index is 0.880. The van der Waals surface area contributed by atoms with E-state index in [9.17, 15) is 0 Å². The van der Waals surface area contributed by atoms with E-state index in [1.807, 2.05) is 0 Å². The van der Waals surface area contributed by atoms with Crippen molar-refractivity contribution < 1.29 is 4.57 Å². The number of aromatic nitrogens is 2. The highest BCUT2D eigenvalue weighted by Gasteiger charge is 2.09. The fourth-order valence-corrected chi connectivity index (χ4v) is 4.50. The van der Waals surface area contributed by atoms with E-state index in [0.717, 1.165) is 5.92 Å². The molecule has 0 saturated carbocycles. The minimum atomic E-state index is 0.880. The Kier molecular flexibility index (Phi) is 18.3. The van der Waals surface area contributed by atoms with Crippen molar-refractivity contribution in [2.24, 2.45) is 5.92 Å². The molecule has 1 aromatic rings. The van der Waals surface area contributed by atoms with Crippen molar-refractivity contribution in [2.75, 3.05) is 0 Å². The van der Waals surface area contributed by atoms with Crippen LogP contribution in [0.5, 0.6) is 0 Å². The van der Waals surface area contributed by atoms with Gasteiger partial charge in [0.25, 0.3) is 5.82 Å². The van der Waals surface area contributed by atoms with E-state index in [-0.39, 0.29) is 0 Å². The lowest BCUT2D eigenvalue weighted by Crippen LogP contribution is -2.36. The molecule has 0 aliphatic heterocycles. The maximum atomic E-state index is 3.49. The van der Waals surface area contributed by atoms with Crippen molar-refractivity contribution in [3.63, 3.8) is 0 Å². The van der Waals surface area contributed by atoms with Crippen molar-refractivity contribution >= 4 is 0 Å². The van der Waals surface area contributed by atoms with Gasteiger partial charge in [0.1, 0.15) is 12.4 Å². The average Bonchev–Trinajstić information content (AvgIpc) is 3.17. The van der Waals surface area contributed by atoms with Crippen LogP contribution in [0.2, 0.25) is 0 Å². The van der Waals surface area contributed by atoms with E-state index < -0.39 is 0 Å². The lowest BCUT2D eigenvalue weighted by Gasteiger charge is -2.05. The third-order valence-corrected chi connectivity index (χ3v) is 6.55. The zero-order valence-corrected chi connectivity index (χ0v) is 21.0. The minimum Gasteiger partial charge on any atom is -0.248 e. The molecule has 0 amide bonds. The SMILES string of the molecule is CCCCCCCCCCCC[n+]1cc[nH]c1CCCCCCCCCCC(C)C. The second-order valence-corrected chi connectivity index (χ2v) is 10.0. The predicted molar refractivity (Wildman–Crippen MR) is 133 cm³/mol. The fraction of sp³-hybridized carbons (Fsp3) is 0.893. The molecular formula is C28H55N2+. The topological polar surface area (TPSA) is 19.7 Å². The van der Waals surface area contributed by atoms with Gasteiger partial charge in [-0.1, -0.05) is 124 Å². The highest BCUT2D eigenvalue weighted by molar-refractivity contribution is 4.77. The van der Waals surface area contributed by atoms with Gasteiger partial charge in [-0.3, -0.25) is 0 Å². The van der Waals surface area contributed by atoms with Crippen LogP contribution in [-0.2, 0) is 13.0 Å². The van der Waals surface area contributed by atoms with Gasteiger partial charge in [-0.15, -0.1) is 0 Å². The van der Waals surface area contributed by atoms with Crippen LogP contribution in [0.4, 0.5) is 0 Å². The first-order valence-corrected chi connectivity index (χ1v) is 13.8. The van der Waals surface area contributed by atoms with Crippen LogP contribution in [0.25, 0.3) is 0 Å². The Morgan fingerprint density at radius 1 is 0.667 bits per heavy atom. The molecule has 0 bridgehead atoms. The standard InChI is InChI=1S/C28H54N2/c1-4-5-6-7-8-9-12-15-18-21-25-30-26-24-29-28(30)23-20-17-14-11-10-13-16-19-22-27(2)3/h24,26-27H,4-23,25H2,1-3H3/p+1. The molecule has 0 radical (unpaired) electrons. The summed E-state index contributed by atoms with van der Waals surface area (Å²) in [6, 6.07) is 0. The first-order chi connectivity index (χ1) is 14.7. The number of aryl methyl sites for hydroxylation is 2. The lowest BCUT2D eigenvalue weighted by atomic mass is 10.0. The Morgan fingerprint density at radius 2 is 1.17 bits per heavy atom. The number of H-pyrrole nitrogens is 1. The van der Waals surface area contributed by atoms with Crippen molar-refractivity contribution in [2.45, 2.75) is 156 Å². The van der Waals surface area contributed by atoms with Crippen LogP contribution in [-0.4, -0.2) is 4.98 Å². The van der Waals surface area contributed by atoms with Gasteiger partial charge in [0.05, 0.1) is 6.54 Å². The summed E-state index contributed by atoms with van der Waals surface area (Å²) in [6.45, 7) is 8.17. The van der Waals surface area contributed by atoms with E-state index >= 15 is 0 Å². The van der Waals surface area contributed by atoms with Crippen molar-refractivity contribution in [1.82, 2.24) is 4.98 Å². The molecule has 1 rings (SSSR count). The van der Waals surface area contributed by atoms with Gasteiger partial charge < -0.3 is 0 Å². The number of rotatable bonds is 22. The highest BCUT2D eigenvalue weighted by Crippen LogP contribution is 2.13. The van der Waals surface area contributed by atoms with Crippen LogP contribution >= 0.6 is 0 Å². The summed E-state index contributed by atoms with van der Waals surface area (Å²) < 4.78 is 2.47. The van der Waals surface area contributed by atoms with Gasteiger partial charge in [0, 0.05) is 6.42 Å². The Hall–Kier alpha value is -0.790. The van der Waals surface area contributed by atoms with Gasteiger partial charge in [0.2, 0.25) is 0 Å². The van der Waals surface area contributed by atoms with Gasteiger partial charge in [0.15, 0.2) is 0 Å². The van der Waals surface area contributed by atoms with Crippen LogP contribution in [0, 0.1) is 5.92 Å². The number of unbranched alkanes of at least 4 members (excludes halogenated alkanes) is 16. The zero-order valence-electron chi connectivity index (χ0n) is 21.0. The normalized spacial score (nSPS) is 11.6. The maximum Gasteiger partial charge on any atom is 0.254 e. The van der Waals surface area contributed by atoms with Gasteiger partial charge in [-0.2, -0.15) is 0 Å². The zero-order chi connectivity index (χ0) is 21.7. The number of hydrogen-bond acceptors (Lipinski definition) is 0. The summed E-state index contributed by atoms with van der Waals surface area (Å²) in [4.78, 5) is 3.49. The molecule has 1 heterocycles. The molecule has 0 aliphatic carbocycles. The molecule has 0 fully saturated rings. The van der Waals surface area contributed by atoms with Crippen LogP contribution < -0.4 is 4.57 Å². The molecule has 2 heteroatoms. The second-order valence-electron chi connectivity index (χ2n) is 10.0. The number of nitrogens with one attached hydrogen (secondary N) is 1. The third kappa shape index (κ3) is 16.0. The quantitative estimate of drug-likeness (QED) is 0.143. The fourth-order valence-electron chi connectivity index (χ4n) is 4.50. The Bertz CT molecular complexity index is 463. The molecule has 1 N–H and O–H groups in total. The first kappa shape index (κ1) is 27.2. The number of aromatic amines is 1. The molecule has 0 unspecified atom stereocenters. The maximum absolute atomic E-state index is 3.49. The molecular weight excluding hydrogens is 364 g/mol. The molecule has 176 valence electrons. The van der Waals surface area contributed by atoms with E-state index in [0.29, 0.717) is 0 Å². The third-order valence-electron chi connectivity index (χ3n) is 6.55. The van der Waals surface area contributed by atoms with E-state index in [4.69, 9.17) is 0 Å². The van der Waals surface area contributed by atoms with Gasteiger partial charge in [-0.05, 0) is 25.2 Å². The van der Waals surface area contributed by atoms with Crippen molar-refractivity contribution in [3.8, 4) is 0 Å². The van der Waals surface area contributed by atoms with Gasteiger partial charge >= 0.3 is 0 Å². The smallest absolute Gasteiger partial charge is 0.248 e. The number of hydrogen-bond donors (Lipinski definition) is 1. The van der Waals surface area contributed by atoms with Gasteiger partial charge in [-0.25, -0.2) is 9.55 Å². The summed E-state index contributed by atoms with van der Waals surface area (Å²) >= 11 is 0. The predicted octanol–water partition coefficient (Wildman–Crippen LogP) is 8.93. The lowest BCUT2D eigenvalue weighted by molar-refractivity contribution is -0.703. The molecule has 0 aliphatic rings. The summed E-state index contributed by atoms with van der Waals surface area (Å²) in [5.74, 6) is 2.32. The summed E-state index contributed by atoms with van der Waals surface area (Å²) in [6.07, 6.45) is 32.5. The first-order valence-electron chi connectivity index (χ1n) is 13.8. The molecule has 30 heavy (non-hydrogen) atoms. The van der Waals surface area contributed by atoms with E-state index in [1.54, 1.807) is 0 Å².